The second kappa shape index (κ2) is 29.8. The van der Waals surface area contributed by atoms with Crippen molar-refractivity contribution in [2.75, 3.05) is 101 Å². The lowest BCUT2D eigenvalue weighted by molar-refractivity contribution is -0.141. The molecule has 0 spiro atoms. The molecule has 1 fully saturated rings. The van der Waals surface area contributed by atoms with E-state index in [1.807, 2.05) is 38.6 Å². The third kappa shape index (κ3) is 16.4. The Morgan fingerprint density at radius 2 is 1.52 bits per heavy atom. The first kappa shape index (κ1) is 55.7. The molecule has 0 aliphatic carbocycles. The molecule has 7 aromatic rings. The van der Waals surface area contributed by atoms with Crippen molar-refractivity contribution in [2.24, 2.45) is 0 Å². The maximum absolute atomic E-state index is 12.7. The van der Waals surface area contributed by atoms with Gasteiger partial charge in [0.25, 0.3) is 11.5 Å². The smallest absolute Gasteiger partial charge is 0.325 e. The number of anilines is 6. The molecule has 4 N–H and O–H groups in total. The van der Waals surface area contributed by atoms with Crippen molar-refractivity contribution in [3.8, 4) is 17.1 Å². The molecule has 21 heteroatoms. The Kier molecular flexibility index (Phi) is 22.1. The highest BCUT2D eigenvalue weighted by Crippen LogP contribution is 2.37. The molecule has 6 heterocycles. The van der Waals surface area contributed by atoms with Crippen molar-refractivity contribution in [3.05, 3.63) is 144 Å². The minimum absolute atomic E-state index is 0.194. The van der Waals surface area contributed by atoms with E-state index in [2.05, 4.69) is 80.1 Å². The minimum atomic E-state index is -0.590. The first-order valence-corrected chi connectivity index (χ1v) is 24.2. The average molecular weight is 1020 g/mol. The average Bonchev–Trinajstić information content (AvgIpc) is 3.45. The molecule has 8 rings (SSSR count). The standard InChI is InChI=1S/C38H39N9O9.C14H16N2.C2H7N/c1-53-35(51)23-47-22-28(8-10-34(47)50)46(25-49)14-16-56-18-17-55-15-13-41-38(52)26-7-9-32(42-20-26)45-33-19-31(27(24-48)21-43-33)44-30-6-3-5-29(36(30)54-2)37-39-11-4-12-40-37;1-4-8-16(9-5-1)14-11-15-10-12-6-2-3-7-13(12)14;1-3-2/h3-12,19-22,24-25H,13-18,23H2,1-2H3,(H,41,52)(H2,42,43,44,45);2-3,6-7,10-11H,1,4-5,8-9H2;3H,1-2H3. The van der Waals surface area contributed by atoms with E-state index in [1.165, 1.54) is 98.7 Å². The highest BCUT2D eigenvalue weighted by Gasteiger charge is 2.17. The number of piperidine rings is 1. The zero-order chi connectivity index (χ0) is 53.2. The molecule has 392 valence electrons. The molecule has 0 radical (unpaired) electrons. The van der Waals surface area contributed by atoms with E-state index in [1.54, 1.807) is 42.7 Å². The van der Waals surface area contributed by atoms with Gasteiger partial charge in [-0.15, -0.1) is 0 Å². The Labute approximate surface area is 434 Å². The van der Waals surface area contributed by atoms with Crippen LogP contribution in [0, 0.1) is 0 Å². The van der Waals surface area contributed by atoms with Gasteiger partial charge in [-0.2, -0.15) is 0 Å². The third-order valence-electron chi connectivity index (χ3n) is 11.3. The van der Waals surface area contributed by atoms with Crippen LogP contribution < -0.4 is 41.4 Å². The maximum Gasteiger partial charge on any atom is 0.325 e. The fourth-order valence-electron chi connectivity index (χ4n) is 7.65. The molecule has 0 saturated carbocycles. The quantitative estimate of drug-likeness (QED) is 0.0342. The summed E-state index contributed by atoms with van der Waals surface area (Å²) in [5.74, 6) is 0.863. The van der Waals surface area contributed by atoms with Gasteiger partial charge in [0.15, 0.2) is 17.9 Å². The number of ether oxygens (including phenoxy) is 4. The van der Waals surface area contributed by atoms with Gasteiger partial charge in [-0.05, 0) is 69.8 Å². The summed E-state index contributed by atoms with van der Waals surface area (Å²) < 4.78 is 22.5. The van der Waals surface area contributed by atoms with E-state index >= 15 is 0 Å². The number of fused-ring (bicyclic) bond motifs is 1. The Morgan fingerprint density at radius 1 is 0.760 bits per heavy atom. The van der Waals surface area contributed by atoms with Gasteiger partial charge in [0.2, 0.25) is 6.41 Å². The largest absolute Gasteiger partial charge is 0.494 e. The molecule has 0 unspecified atom stereocenters. The first-order valence-electron chi connectivity index (χ1n) is 24.2. The maximum atomic E-state index is 12.7. The molecule has 75 heavy (non-hydrogen) atoms. The number of benzene rings is 2. The number of rotatable bonds is 22. The van der Waals surface area contributed by atoms with Crippen LogP contribution in [0.5, 0.6) is 5.75 Å². The number of para-hydroxylation sites is 1. The SMILES string of the molecule is CNC.COC(=O)Cn1cc(N(C=O)CCOCCOCCNC(=O)c2ccc(Nc3cc(Nc4cccc(-c5ncccn5)c4OC)c(C=O)cn3)nc2)ccc1=O.c1ccc2c(N3CCCCC3)cncc2c1. The number of hydrogen-bond donors (Lipinski definition) is 4. The molecule has 0 bridgehead atoms. The predicted molar refractivity (Wildman–Crippen MR) is 287 cm³/mol. The zero-order valence-electron chi connectivity index (χ0n) is 42.4. The predicted octanol–water partition coefficient (Wildman–Crippen LogP) is 6.06. The van der Waals surface area contributed by atoms with Gasteiger partial charge in [0, 0.05) is 86.3 Å². The van der Waals surface area contributed by atoms with E-state index in [9.17, 15) is 24.0 Å². The van der Waals surface area contributed by atoms with Gasteiger partial charge in [-0.3, -0.25) is 29.0 Å². The van der Waals surface area contributed by atoms with Crippen LogP contribution in [0.3, 0.4) is 0 Å². The third-order valence-corrected chi connectivity index (χ3v) is 11.3. The van der Waals surface area contributed by atoms with Crippen LogP contribution in [0.1, 0.15) is 40.0 Å². The molecule has 2 amide bonds. The lowest BCUT2D eigenvalue weighted by Gasteiger charge is -2.29. The van der Waals surface area contributed by atoms with Gasteiger partial charge in [-0.1, -0.05) is 30.3 Å². The second-order valence-electron chi connectivity index (χ2n) is 16.6. The van der Waals surface area contributed by atoms with Crippen molar-refractivity contribution in [2.45, 2.75) is 25.8 Å². The number of carbonyl (C=O) groups excluding carboxylic acids is 4. The van der Waals surface area contributed by atoms with Crippen LogP contribution in [0.25, 0.3) is 22.2 Å². The van der Waals surface area contributed by atoms with Crippen LogP contribution in [0.15, 0.2) is 127 Å². The van der Waals surface area contributed by atoms with Gasteiger partial charge in [0.1, 0.15) is 18.2 Å². The van der Waals surface area contributed by atoms with Gasteiger partial charge < -0.3 is 54.6 Å². The molecular formula is C54H62N12O9. The van der Waals surface area contributed by atoms with E-state index in [0.29, 0.717) is 69.7 Å². The van der Waals surface area contributed by atoms with Crippen molar-refractivity contribution in [1.82, 2.24) is 40.1 Å². The Hall–Kier alpha value is -8.66. The molecular weight excluding hydrogens is 961 g/mol. The summed E-state index contributed by atoms with van der Waals surface area (Å²) in [6, 6.07) is 23.3. The van der Waals surface area contributed by atoms with Crippen molar-refractivity contribution in [3.63, 3.8) is 0 Å². The first-order chi connectivity index (χ1) is 36.7. The molecule has 2 aromatic carbocycles. The number of carbonyl (C=O) groups is 4. The minimum Gasteiger partial charge on any atom is -0.494 e. The topological polar surface area (TPSA) is 246 Å². The Balaban J connectivity index is 0.000000399. The molecule has 0 atom stereocenters. The van der Waals surface area contributed by atoms with Crippen molar-refractivity contribution in [1.29, 1.82) is 0 Å². The molecule has 1 saturated heterocycles. The van der Waals surface area contributed by atoms with Crippen LogP contribution in [0.2, 0.25) is 0 Å². The fraction of sp³-hybridized carbons (Fsp3) is 0.296. The van der Waals surface area contributed by atoms with E-state index in [-0.39, 0.29) is 52.0 Å². The highest BCUT2D eigenvalue weighted by molar-refractivity contribution is 5.94. The number of esters is 1. The summed E-state index contributed by atoms with van der Waals surface area (Å²) in [5.41, 5.74) is 3.69. The lowest BCUT2D eigenvalue weighted by atomic mass is 10.1. The highest BCUT2D eigenvalue weighted by atomic mass is 16.5. The van der Waals surface area contributed by atoms with Crippen LogP contribution in [-0.4, -0.2) is 135 Å². The Morgan fingerprint density at radius 3 is 2.24 bits per heavy atom. The number of nitrogens with zero attached hydrogens (tertiary/aromatic N) is 8. The summed E-state index contributed by atoms with van der Waals surface area (Å²) >= 11 is 0. The lowest BCUT2D eigenvalue weighted by Crippen LogP contribution is -2.30. The Bertz CT molecular complexity index is 2990. The second-order valence-corrected chi connectivity index (χ2v) is 16.6. The number of hydrogen-bond acceptors (Lipinski definition) is 18. The normalized spacial score (nSPS) is 11.7. The molecule has 1 aliphatic heterocycles. The van der Waals surface area contributed by atoms with Crippen molar-refractivity contribution < 1.29 is 38.1 Å². The molecule has 5 aromatic heterocycles. The summed E-state index contributed by atoms with van der Waals surface area (Å²) in [4.78, 5) is 85.1. The van der Waals surface area contributed by atoms with Crippen LogP contribution >= 0.6 is 0 Å². The van der Waals surface area contributed by atoms with E-state index < -0.39 is 11.5 Å². The van der Waals surface area contributed by atoms with Gasteiger partial charge in [-0.25, -0.2) is 19.9 Å². The van der Waals surface area contributed by atoms with E-state index in [4.69, 9.17) is 14.2 Å². The van der Waals surface area contributed by atoms with Gasteiger partial charge >= 0.3 is 5.97 Å². The number of amides is 2. The monoisotopic (exact) mass is 1020 g/mol. The number of pyridine rings is 4. The summed E-state index contributed by atoms with van der Waals surface area (Å²) in [7, 11) is 6.51. The number of methoxy groups -OCH3 is 2. The zero-order valence-corrected chi connectivity index (χ0v) is 42.4. The fourth-order valence-corrected chi connectivity index (χ4v) is 7.65. The number of nitrogens with one attached hydrogen (secondary N) is 4. The van der Waals surface area contributed by atoms with Gasteiger partial charge in [0.05, 0.1) is 86.3 Å². The number of aldehydes is 1. The summed E-state index contributed by atoms with van der Waals surface area (Å²) in [6.45, 7) is 3.46. The van der Waals surface area contributed by atoms with Crippen LogP contribution in [0.4, 0.5) is 34.4 Å². The molecule has 21 nitrogen and oxygen atoms in total. The summed E-state index contributed by atoms with van der Waals surface area (Å²) in [5, 5.41) is 14.4. The van der Waals surface area contributed by atoms with Crippen LogP contribution in [-0.2, 0) is 30.3 Å². The van der Waals surface area contributed by atoms with Crippen molar-refractivity contribution >= 4 is 69.7 Å². The number of aromatic nitrogens is 6. The van der Waals surface area contributed by atoms with E-state index in [0.717, 1.165) is 4.57 Å². The summed E-state index contributed by atoms with van der Waals surface area (Å²) in [6.07, 6.45) is 16.8. The molecule has 1 aliphatic rings.